The van der Waals surface area contributed by atoms with Crippen LogP contribution in [0.25, 0.3) is 0 Å². The van der Waals surface area contributed by atoms with Crippen LogP contribution in [-0.4, -0.2) is 62.2 Å². The summed E-state index contributed by atoms with van der Waals surface area (Å²) in [5.41, 5.74) is 1.28. The third-order valence-corrected chi connectivity index (χ3v) is 7.38. The number of hydrogen-bond donors (Lipinski definition) is 2. The zero-order valence-corrected chi connectivity index (χ0v) is 19.4. The number of methoxy groups -OCH3 is 2. The van der Waals surface area contributed by atoms with E-state index < -0.39 is 41.0 Å². The van der Waals surface area contributed by atoms with E-state index >= 15 is 0 Å². The molecule has 1 unspecified atom stereocenters. The van der Waals surface area contributed by atoms with Crippen molar-refractivity contribution in [3.8, 4) is 17.2 Å². The standard InChI is InChI=1S/C21H22ClNO9S/c1-30-18-7-12-5-6-23(16(10-20(24)25)14(12)9-19(18)31-2)33(28,29)13-3-4-17(15(22)8-13)32-11-21(26)27/h3-4,7-9,16H,5-6,10-11H2,1-2H3,(H,24,25)(H,26,27). The summed E-state index contributed by atoms with van der Waals surface area (Å²) >= 11 is 6.11. The Morgan fingerprint density at radius 2 is 1.73 bits per heavy atom. The van der Waals surface area contributed by atoms with Gasteiger partial charge in [-0.15, -0.1) is 0 Å². The van der Waals surface area contributed by atoms with E-state index in [0.29, 0.717) is 23.5 Å². The maximum absolute atomic E-state index is 13.5. The normalized spacial score (nSPS) is 16.0. The third-order valence-electron chi connectivity index (χ3n) is 5.18. The Labute approximate surface area is 195 Å². The van der Waals surface area contributed by atoms with E-state index in [4.69, 9.17) is 30.9 Å². The van der Waals surface area contributed by atoms with Crippen LogP contribution in [0.4, 0.5) is 0 Å². The van der Waals surface area contributed by atoms with Crippen LogP contribution in [0.5, 0.6) is 17.2 Å². The molecule has 1 atom stereocenters. The highest BCUT2D eigenvalue weighted by atomic mass is 35.5. The van der Waals surface area contributed by atoms with Crippen LogP contribution in [0.15, 0.2) is 35.2 Å². The van der Waals surface area contributed by atoms with Crippen LogP contribution in [0, 0.1) is 0 Å². The maximum Gasteiger partial charge on any atom is 0.341 e. The molecule has 33 heavy (non-hydrogen) atoms. The Kier molecular flexibility index (Phi) is 7.35. The smallest absolute Gasteiger partial charge is 0.341 e. The number of halogens is 1. The molecule has 1 aliphatic heterocycles. The van der Waals surface area contributed by atoms with Crippen molar-refractivity contribution in [1.29, 1.82) is 0 Å². The number of carboxylic acids is 2. The minimum atomic E-state index is -4.16. The van der Waals surface area contributed by atoms with Gasteiger partial charge in [0.15, 0.2) is 18.1 Å². The summed E-state index contributed by atoms with van der Waals surface area (Å²) in [5, 5.41) is 18.1. The lowest BCUT2D eigenvalue weighted by molar-refractivity contribution is -0.139. The van der Waals surface area contributed by atoms with Gasteiger partial charge < -0.3 is 24.4 Å². The van der Waals surface area contributed by atoms with Crippen molar-refractivity contribution in [3.05, 3.63) is 46.5 Å². The van der Waals surface area contributed by atoms with E-state index in [1.165, 1.54) is 26.4 Å². The molecule has 0 aliphatic carbocycles. The van der Waals surface area contributed by atoms with E-state index in [1.54, 1.807) is 12.1 Å². The van der Waals surface area contributed by atoms with Gasteiger partial charge in [0, 0.05) is 6.54 Å². The lowest BCUT2D eigenvalue weighted by Gasteiger charge is -2.36. The van der Waals surface area contributed by atoms with E-state index in [1.807, 2.05) is 0 Å². The topological polar surface area (TPSA) is 140 Å². The quantitative estimate of drug-likeness (QED) is 0.532. The van der Waals surface area contributed by atoms with Crippen LogP contribution >= 0.6 is 11.6 Å². The van der Waals surface area contributed by atoms with Gasteiger partial charge in [-0.2, -0.15) is 4.31 Å². The molecule has 0 saturated carbocycles. The average molecular weight is 500 g/mol. The molecule has 12 heteroatoms. The Morgan fingerprint density at radius 3 is 2.30 bits per heavy atom. The van der Waals surface area contributed by atoms with Gasteiger partial charge in [0.25, 0.3) is 0 Å². The number of benzene rings is 2. The fourth-order valence-electron chi connectivity index (χ4n) is 3.70. The SMILES string of the molecule is COc1cc2c(cc1OC)C(CC(=O)O)N(S(=O)(=O)c1ccc(OCC(=O)O)c(Cl)c1)CC2. The second kappa shape index (κ2) is 9.86. The first kappa shape index (κ1) is 24.6. The molecule has 0 aromatic heterocycles. The highest BCUT2D eigenvalue weighted by molar-refractivity contribution is 7.89. The van der Waals surface area contributed by atoms with Crippen molar-refractivity contribution in [1.82, 2.24) is 4.31 Å². The lowest BCUT2D eigenvalue weighted by atomic mass is 9.92. The zero-order chi connectivity index (χ0) is 24.3. The third kappa shape index (κ3) is 5.15. The number of carbonyl (C=O) groups is 2. The van der Waals surface area contributed by atoms with Crippen LogP contribution in [-0.2, 0) is 26.0 Å². The van der Waals surface area contributed by atoms with Crippen LogP contribution < -0.4 is 14.2 Å². The molecule has 0 saturated heterocycles. The number of nitrogens with zero attached hydrogens (tertiary/aromatic N) is 1. The largest absolute Gasteiger partial charge is 0.493 e. The Hall–Kier alpha value is -3.02. The molecule has 0 fully saturated rings. The van der Waals surface area contributed by atoms with Gasteiger partial charge in [0.1, 0.15) is 5.75 Å². The van der Waals surface area contributed by atoms with E-state index in [-0.39, 0.29) is 22.2 Å². The minimum absolute atomic E-state index is 0.0147. The zero-order valence-electron chi connectivity index (χ0n) is 17.8. The molecule has 178 valence electrons. The van der Waals surface area contributed by atoms with E-state index in [9.17, 15) is 23.1 Å². The number of carboxylic acid groups (broad SMARTS) is 2. The Balaban J connectivity index is 2.03. The number of aliphatic carboxylic acids is 2. The summed E-state index contributed by atoms with van der Waals surface area (Å²) in [5.74, 6) is -1.54. The number of fused-ring (bicyclic) bond motifs is 1. The summed E-state index contributed by atoms with van der Waals surface area (Å²) in [6.45, 7) is -0.599. The van der Waals surface area contributed by atoms with Gasteiger partial charge in [0.2, 0.25) is 10.0 Å². The molecule has 2 aromatic carbocycles. The van der Waals surface area contributed by atoms with E-state index in [0.717, 1.165) is 15.9 Å². The maximum atomic E-state index is 13.5. The number of sulfonamides is 1. The second-order valence-electron chi connectivity index (χ2n) is 7.16. The minimum Gasteiger partial charge on any atom is -0.493 e. The molecule has 1 aliphatic rings. The summed E-state index contributed by atoms with van der Waals surface area (Å²) in [7, 11) is -1.25. The predicted molar refractivity (Wildman–Crippen MR) is 117 cm³/mol. The molecular formula is C21H22ClNO9S. The van der Waals surface area contributed by atoms with Crippen LogP contribution in [0.3, 0.4) is 0 Å². The predicted octanol–water partition coefficient (Wildman–Crippen LogP) is 2.58. The second-order valence-corrected chi connectivity index (χ2v) is 9.46. The van der Waals surface area contributed by atoms with Crippen molar-refractivity contribution in [2.24, 2.45) is 0 Å². The number of ether oxygens (including phenoxy) is 3. The van der Waals surface area contributed by atoms with Crippen molar-refractivity contribution in [3.63, 3.8) is 0 Å². The molecule has 1 heterocycles. The van der Waals surface area contributed by atoms with Gasteiger partial charge >= 0.3 is 11.9 Å². The van der Waals surface area contributed by atoms with Crippen molar-refractivity contribution >= 4 is 33.6 Å². The molecule has 2 N–H and O–H groups in total. The summed E-state index contributed by atoms with van der Waals surface area (Å²) in [6.07, 6.45) is -0.131. The molecule has 3 rings (SSSR count). The summed E-state index contributed by atoms with van der Waals surface area (Å²) < 4.78 is 43.7. The Bertz CT molecular complexity index is 1180. The van der Waals surface area contributed by atoms with Crippen molar-refractivity contribution in [2.45, 2.75) is 23.8 Å². The average Bonchev–Trinajstić information content (AvgIpc) is 2.76. The van der Waals surface area contributed by atoms with E-state index in [2.05, 4.69) is 0 Å². The molecule has 2 aromatic rings. The van der Waals surface area contributed by atoms with Gasteiger partial charge in [-0.1, -0.05) is 11.6 Å². The molecule has 0 amide bonds. The van der Waals surface area contributed by atoms with Crippen molar-refractivity contribution < 1.29 is 42.4 Å². The summed E-state index contributed by atoms with van der Waals surface area (Å²) in [6, 6.07) is 5.97. The molecule has 10 nitrogen and oxygen atoms in total. The van der Waals surface area contributed by atoms with Gasteiger partial charge in [-0.05, 0) is 47.9 Å². The van der Waals surface area contributed by atoms with Crippen LogP contribution in [0.1, 0.15) is 23.6 Å². The first-order valence-electron chi connectivity index (χ1n) is 9.71. The monoisotopic (exact) mass is 499 g/mol. The molecular weight excluding hydrogens is 478 g/mol. The van der Waals surface area contributed by atoms with Gasteiger partial charge in [0.05, 0.1) is 36.6 Å². The molecule has 0 bridgehead atoms. The first-order valence-corrected chi connectivity index (χ1v) is 11.5. The Morgan fingerprint density at radius 1 is 1.06 bits per heavy atom. The van der Waals surface area contributed by atoms with Crippen molar-refractivity contribution in [2.75, 3.05) is 27.4 Å². The molecule has 0 radical (unpaired) electrons. The lowest BCUT2D eigenvalue weighted by Crippen LogP contribution is -2.41. The number of hydrogen-bond acceptors (Lipinski definition) is 7. The number of rotatable bonds is 9. The molecule has 0 spiro atoms. The van der Waals surface area contributed by atoms with Gasteiger partial charge in [-0.3, -0.25) is 4.79 Å². The highest BCUT2D eigenvalue weighted by Gasteiger charge is 2.38. The van der Waals surface area contributed by atoms with Crippen LogP contribution in [0.2, 0.25) is 5.02 Å². The first-order chi connectivity index (χ1) is 15.6. The fraction of sp³-hybridized carbons (Fsp3) is 0.333. The highest BCUT2D eigenvalue weighted by Crippen LogP contribution is 2.42. The summed E-state index contributed by atoms with van der Waals surface area (Å²) in [4.78, 5) is 22.1. The van der Waals surface area contributed by atoms with Gasteiger partial charge in [-0.25, -0.2) is 13.2 Å². The fourth-order valence-corrected chi connectivity index (χ4v) is 5.64.